The minimum atomic E-state index is -0.0399. The number of carbonyl (C=O) groups excluding carboxylic acids is 1. The van der Waals surface area contributed by atoms with Gasteiger partial charge in [0.15, 0.2) is 0 Å². The molecule has 0 spiro atoms. The largest absolute Gasteiger partial charge is 0.508 e. The van der Waals surface area contributed by atoms with Crippen LogP contribution < -0.4 is 5.32 Å². The molecule has 22 heavy (non-hydrogen) atoms. The van der Waals surface area contributed by atoms with Gasteiger partial charge in [0.1, 0.15) is 5.75 Å². The predicted octanol–water partition coefficient (Wildman–Crippen LogP) is 4.02. The first-order valence-corrected chi connectivity index (χ1v) is 7.33. The number of fused-ring (bicyclic) bond motifs is 3. The molecule has 1 heterocycles. The summed E-state index contributed by atoms with van der Waals surface area (Å²) in [4.78, 5) is 12.1. The Labute approximate surface area is 128 Å². The third-order valence-electron chi connectivity index (χ3n) is 4.26. The molecule has 0 unspecified atom stereocenters. The smallest absolute Gasteiger partial charge is 0.225 e. The number of hydrogen-bond acceptors (Lipinski definition) is 2. The maximum absolute atomic E-state index is 12.1. The average molecular weight is 289 g/mol. The molecule has 3 aromatic carbocycles. The van der Waals surface area contributed by atoms with Gasteiger partial charge in [-0.3, -0.25) is 4.79 Å². The lowest BCUT2D eigenvalue weighted by Crippen LogP contribution is -2.23. The lowest BCUT2D eigenvalue weighted by atomic mass is 9.82. The summed E-state index contributed by atoms with van der Waals surface area (Å²) in [7, 11) is 0. The molecule has 1 amide bonds. The van der Waals surface area contributed by atoms with E-state index in [9.17, 15) is 9.90 Å². The van der Waals surface area contributed by atoms with Crippen molar-refractivity contribution in [1.29, 1.82) is 0 Å². The van der Waals surface area contributed by atoms with Crippen molar-refractivity contribution in [2.24, 2.45) is 0 Å². The highest BCUT2D eigenvalue weighted by Gasteiger charge is 2.28. The number of phenols is 1. The van der Waals surface area contributed by atoms with Gasteiger partial charge in [0.05, 0.1) is 0 Å². The number of carbonyl (C=O) groups is 1. The molecule has 0 fully saturated rings. The number of rotatable bonds is 1. The number of aromatic hydroxyl groups is 1. The SMILES string of the molecule is O=C1C[C@@H](c2cccc(O)c2)c2c(ccc3ccccc23)N1. The van der Waals surface area contributed by atoms with Gasteiger partial charge < -0.3 is 10.4 Å². The molecule has 3 heteroatoms. The summed E-state index contributed by atoms with van der Waals surface area (Å²) in [6.45, 7) is 0. The number of amides is 1. The van der Waals surface area contributed by atoms with Crippen LogP contribution in [0.15, 0.2) is 60.7 Å². The van der Waals surface area contributed by atoms with Crippen molar-refractivity contribution in [3.05, 3.63) is 71.8 Å². The van der Waals surface area contributed by atoms with E-state index in [2.05, 4.69) is 17.4 Å². The molecule has 1 aliphatic heterocycles. The molecule has 3 aromatic rings. The lowest BCUT2D eigenvalue weighted by molar-refractivity contribution is -0.116. The minimum Gasteiger partial charge on any atom is -0.508 e. The molecule has 108 valence electrons. The molecular weight excluding hydrogens is 274 g/mol. The maximum Gasteiger partial charge on any atom is 0.225 e. The van der Waals surface area contributed by atoms with Crippen molar-refractivity contribution < 1.29 is 9.90 Å². The zero-order valence-electron chi connectivity index (χ0n) is 11.9. The Morgan fingerprint density at radius 3 is 2.73 bits per heavy atom. The third kappa shape index (κ3) is 2.02. The molecule has 2 N–H and O–H groups in total. The van der Waals surface area contributed by atoms with E-state index >= 15 is 0 Å². The Kier molecular flexibility index (Phi) is 2.86. The Hall–Kier alpha value is -2.81. The van der Waals surface area contributed by atoms with Crippen LogP contribution in [0.1, 0.15) is 23.5 Å². The van der Waals surface area contributed by atoms with Crippen LogP contribution in [0.25, 0.3) is 10.8 Å². The van der Waals surface area contributed by atoms with Crippen LogP contribution in [0.4, 0.5) is 5.69 Å². The van der Waals surface area contributed by atoms with E-state index < -0.39 is 0 Å². The van der Waals surface area contributed by atoms with Gasteiger partial charge >= 0.3 is 0 Å². The Morgan fingerprint density at radius 1 is 1.00 bits per heavy atom. The molecule has 0 aliphatic carbocycles. The minimum absolute atomic E-state index is 0.0103. The molecule has 0 radical (unpaired) electrons. The van der Waals surface area contributed by atoms with E-state index in [0.29, 0.717) is 6.42 Å². The molecule has 1 aliphatic rings. The molecular formula is C19H15NO2. The van der Waals surface area contributed by atoms with E-state index in [-0.39, 0.29) is 17.6 Å². The van der Waals surface area contributed by atoms with Gasteiger partial charge in [-0.15, -0.1) is 0 Å². The molecule has 0 saturated heterocycles. The van der Waals surface area contributed by atoms with E-state index in [1.54, 1.807) is 12.1 Å². The summed E-state index contributed by atoms with van der Waals surface area (Å²) in [5.41, 5.74) is 2.96. The molecule has 0 aromatic heterocycles. The van der Waals surface area contributed by atoms with Crippen molar-refractivity contribution in [1.82, 2.24) is 0 Å². The quantitative estimate of drug-likeness (QED) is 0.711. The van der Waals surface area contributed by atoms with E-state index in [0.717, 1.165) is 27.6 Å². The van der Waals surface area contributed by atoms with Crippen LogP contribution in [0.2, 0.25) is 0 Å². The van der Waals surface area contributed by atoms with Gasteiger partial charge in [-0.05, 0) is 40.1 Å². The second kappa shape index (κ2) is 4.88. The highest BCUT2D eigenvalue weighted by molar-refractivity contribution is 6.01. The number of anilines is 1. The van der Waals surface area contributed by atoms with Crippen LogP contribution in [-0.2, 0) is 4.79 Å². The molecule has 3 nitrogen and oxygen atoms in total. The Balaban J connectivity index is 1.99. The first-order chi connectivity index (χ1) is 10.7. The maximum atomic E-state index is 12.1. The van der Waals surface area contributed by atoms with Crippen molar-refractivity contribution in [2.75, 3.05) is 5.32 Å². The normalized spacial score (nSPS) is 17.1. The van der Waals surface area contributed by atoms with E-state index in [1.807, 2.05) is 36.4 Å². The zero-order chi connectivity index (χ0) is 15.1. The number of nitrogens with one attached hydrogen (secondary N) is 1. The number of hydrogen-bond donors (Lipinski definition) is 2. The summed E-state index contributed by atoms with van der Waals surface area (Å²) in [5.74, 6) is 0.198. The predicted molar refractivity (Wildman–Crippen MR) is 87.1 cm³/mol. The van der Waals surface area contributed by atoms with Crippen LogP contribution in [0.3, 0.4) is 0 Å². The van der Waals surface area contributed by atoms with Gasteiger partial charge in [-0.2, -0.15) is 0 Å². The van der Waals surface area contributed by atoms with Gasteiger partial charge in [0.25, 0.3) is 0 Å². The van der Waals surface area contributed by atoms with Crippen molar-refractivity contribution in [3.63, 3.8) is 0 Å². The second-order valence-corrected chi connectivity index (χ2v) is 5.65. The van der Waals surface area contributed by atoms with Crippen LogP contribution in [0.5, 0.6) is 5.75 Å². The molecule has 0 saturated carbocycles. The third-order valence-corrected chi connectivity index (χ3v) is 4.26. The summed E-state index contributed by atoms with van der Waals surface area (Å²) in [5, 5.41) is 15.0. The Morgan fingerprint density at radius 2 is 1.86 bits per heavy atom. The second-order valence-electron chi connectivity index (χ2n) is 5.65. The molecule has 1 atom stereocenters. The standard InChI is InChI=1S/C19H15NO2/c21-14-6-3-5-13(10-14)16-11-18(22)20-17-9-8-12-4-1-2-7-15(12)19(16)17/h1-10,16,21H,11H2,(H,20,22)/t16-/m0/s1. The fourth-order valence-electron chi connectivity index (χ4n) is 3.29. The van der Waals surface area contributed by atoms with Crippen molar-refractivity contribution >= 4 is 22.4 Å². The average Bonchev–Trinajstić information content (AvgIpc) is 2.53. The fraction of sp³-hybridized carbons (Fsp3) is 0.105. The number of benzene rings is 3. The van der Waals surface area contributed by atoms with Crippen molar-refractivity contribution in [3.8, 4) is 5.75 Å². The molecule has 0 bridgehead atoms. The van der Waals surface area contributed by atoms with E-state index in [4.69, 9.17) is 0 Å². The van der Waals surface area contributed by atoms with Crippen LogP contribution >= 0.6 is 0 Å². The summed E-state index contributed by atoms with van der Waals surface area (Å²) >= 11 is 0. The monoisotopic (exact) mass is 289 g/mol. The Bertz CT molecular complexity index is 885. The van der Waals surface area contributed by atoms with Gasteiger partial charge in [0, 0.05) is 18.0 Å². The van der Waals surface area contributed by atoms with Crippen LogP contribution in [0, 0.1) is 0 Å². The van der Waals surface area contributed by atoms with E-state index in [1.165, 1.54) is 0 Å². The van der Waals surface area contributed by atoms with Gasteiger partial charge in [-0.25, -0.2) is 0 Å². The van der Waals surface area contributed by atoms with Gasteiger partial charge in [-0.1, -0.05) is 42.5 Å². The summed E-state index contributed by atoms with van der Waals surface area (Å²) in [6.07, 6.45) is 0.393. The number of phenolic OH excluding ortho intramolecular Hbond substituents is 1. The topological polar surface area (TPSA) is 49.3 Å². The molecule has 4 rings (SSSR count). The summed E-state index contributed by atoms with van der Waals surface area (Å²) < 4.78 is 0. The summed E-state index contributed by atoms with van der Waals surface area (Å²) in [6, 6.07) is 19.4. The lowest BCUT2D eigenvalue weighted by Gasteiger charge is -2.27. The zero-order valence-corrected chi connectivity index (χ0v) is 11.9. The van der Waals surface area contributed by atoms with Gasteiger partial charge in [0.2, 0.25) is 5.91 Å². The fourth-order valence-corrected chi connectivity index (χ4v) is 3.29. The highest BCUT2D eigenvalue weighted by Crippen LogP contribution is 2.41. The first kappa shape index (κ1) is 12.9. The van der Waals surface area contributed by atoms with Crippen molar-refractivity contribution in [2.45, 2.75) is 12.3 Å². The first-order valence-electron chi connectivity index (χ1n) is 7.33. The van der Waals surface area contributed by atoms with Crippen LogP contribution in [-0.4, -0.2) is 11.0 Å². The highest BCUT2D eigenvalue weighted by atomic mass is 16.3.